The lowest BCUT2D eigenvalue weighted by Gasteiger charge is -2.48. The number of carbonyl (C=O) groups is 5. The van der Waals surface area contributed by atoms with E-state index in [9.17, 15) is 28.4 Å². The number of likely N-dealkylation sites (N-methyl/N-ethyl adjacent to an activating group) is 1. The van der Waals surface area contributed by atoms with Gasteiger partial charge in [-0.2, -0.15) is 0 Å². The standard InChI is InChI=1S/C55H76FN9O8/c1-12-63-44-20-19-37-28-40(44)41(47(63)39-17-13-23-57-45(39)36(5)71-11)29-53(6,7)32-72-51(69)42-18-15-25-65(59-42)50(68)43(31-61-24-14-16-38(37)30-61)58-48(66)46(34(2)3)60(10)52(70)62-26-21-55(22-27-62)54(8,9)64(33-73-55)49(67)35(4)56/h13,16-17,19-20,23,28,34,36,42-43,46,59H,4,12,14-15,18,21-22,24-27,29-33H2,1-3,5-11H3,(H,58,66)/t36-,42-,43-,46-/m0/s1. The summed E-state index contributed by atoms with van der Waals surface area (Å²) in [6.07, 6.45) is 6.90. The summed E-state index contributed by atoms with van der Waals surface area (Å²) in [7, 11) is 3.29. The molecule has 0 radical (unpaired) electrons. The number of hydrazine groups is 1. The number of methoxy groups -OCH3 is 1. The van der Waals surface area contributed by atoms with Gasteiger partial charge in [0, 0.05) is 88.0 Å². The van der Waals surface area contributed by atoms with Crippen molar-refractivity contribution in [2.75, 3.05) is 66.8 Å². The second kappa shape index (κ2) is 21.3. The Kier molecular flexibility index (Phi) is 15.6. The third-order valence-corrected chi connectivity index (χ3v) is 16.2. The van der Waals surface area contributed by atoms with Crippen LogP contribution in [0.2, 0.25) is 0 Å². The molecule has 18 heteroatoms. The van der Waals surface area contributed by atoms with Gasteiger partial charge >= 0.3 is 12.0 Å². The molecule has 7 heterocycles. The maximum absolute atomic E-state index is 14.9. The topological polar surface area (TPSA) is 171 Å². The van der Waals surface area contributed by atoms with Gasteiger partial charge in [0.2, 0.25) is 5.91 Å². The number of cyclic esters (lactones) is 1. The van der Waals surface area contributed by atoms with Crippen LogP contribution in [0.15, 0.2) is 55.0 Å². The second-order valence-corrected chi connectivity index (χ2v) is 22.2. The number of urea groups is 1. The first kappa shape index (κ1) is 53.6. The summed E-state index contributed by atoms with van der Waals surface area (Å²) in [5, 5.41) is 5.66. The number of nitrogens with zero attached hydrogens (tertiary/aromatic N) is 7. The van der Waals surface area contributed by atoms with Gasteiger partial charge in [-0.25, -0.2) is 14.6 Å². The van der Waals surface area contributed by atoms with Crippen LogP contribution < -0.4 is 10.7 Å². The predicted octanol–water partition coefficient (Wildman–Crippen LogP) is 6.61. The molecular weight excluding hydrogens is 934 g/mol. The van der Waals surface area contributed by atoms with Crippen LogP contribution in [0, 0.1) is 11.3 Å². The summed E-state index contributed by atoms with van der Waals surface area (Å²) in [5.74, 6) is -3.54. The van der Waals surface area contributed by atoms with Crippen LogP contribution in [-0.4, -0.2) is 160 Å². The van der Waals surface area contributed by atoms with E-state index in [1.54, 1.807) is 25.3 Å². The summed E-state index contributed by atoms with van der Waals surface area (Å²) in [6.45, 7) is 21.9. The number of nitrogens with one attached hydrogen (secondary N) is 2. The van der Waals surface area contributed by atoms with Gasteiger partial charge in [-0.05, 0) is 113 Å². The lowest BCUT2D eigenvalue weighted by molar-refractivity contribution is -0.155. The second-order valence-electron chi connectivity index (χ2n) is 22.2. The predicted molar refractivity (Wildman–Crippen MR) is 276 cm³/mol. The van der Waals surface area contributed by atoms with Crippen molar-refractivity contribution in [3.8, 4) is 11.3 Å². The van der Waals surface area contributed by atoms with Crippen molar-refractivity contribution in [2.24, 2.45) is 11.3 Å². The van der Waals surface area contributed by atoms with E-state index in [1.165, 1.54) is 14.8 Å². The van der Waals surface area contributed by atoms with Crippen molar-refractivity contribution in [3.63, 3.8) is 0 Å². The molecule has 6 bridgehead atoms. The fourth-order valence-electron chi connectivity index (χ4n) is 11.9. The van der Waals surface area contributed by atoms with Gasteiger partial charge < -0.3 is 38.8 Å². The smallest absolute Gasteiger partial charge is 0.324 e. The zero-order valence-electron chi connectivity index (χ0n) is 44.5. The zero-order chi connectivity index (χ0) is 52.7. The Balaban J connectivity index is 1.08. The minimum absolute atomic E-state index is 0.0854. The number of rotatable bonds is 9. The van der Waals surface area contributed by atoms with Crippen molar-refractivity contribution in [3.05, 3.63) is 71.8 Å². The van der Waals surface area contributed by atoms with Crippen molar-refractivity contribution in [1.82, 2.24) is 44.9 Å². The number of carbonyl (C=O) groups excluding carboxylic acids is 5. The molecule has 396 valence electrons. The highest BCUT2D eigenvalue weighted by Gasteiger charge is 2.58. The minimum Gasteiger partial charge on any atom is -0.464 e. The van der Waals surface area contributed by atoms with Crippen LogP contribution in [0.4, 0.5) is 9.18 Å². The molecule has 0 saturated carbocycles. The Morgan fingerprint density at radius 2 is 1.81 bits per heavy atom. The summed E-state index contributed by atoms with van der Waals surface area (Å²) >= 11 is 0. The van der Waals surface area contributed by atoms with Crippen molar-refractivity contribution >= 4 is 46.2 Å². The van der Waals surface area contributed by atoms with Crippen molar-refractivity contribution in [2.45, 2.75) is 136 Å². The summed E-state index contributed by atoms with van der Waals surface area (Å²) in [4.78, 5) is 82.2. The molecule has 0 aliphatic carbocycles. The van der Waals surface area contributed by atoms with E-state index in [0.717, 1.165) is 51.0 Å². The number of ether oxygens (including phenoxy) is 3. The van der Waals surface area contributed by atoms with E-state index in [4.69, 9.17) is 19.2 Å². The number of pyridine rings is 1. The van der Waals surface area contributed by atoms with Crippen molar-refractivity contribution < 1.29 is 42.6 Å². The number of fused-ring (bicyclic) bond motifs is 6. The van der Waals surface area contributed by atoms with Crippen LogP contribution in [0.25, 0.3) is 27.7 Å². The quantitative estimate of drug-likeness (QED) is 0.175. The lowest BCUT2D eigenvalue weighted by Crippen LogP contribution is -2.64. The third-order valence-electron chi connectivity index (χ3n) is 16.2. The molecule has 3 saturated heterocycles. The molecule has 5 amide bonds. The molecule has 1 aromatic carbocycles. The maximum atomic E-state index is 14.9. The summed E-state index contributed by atoms with van der Waals surface area (Å²) in [5.41, 5.74) is 8.26. The number of aryl methyl sites for hydroxylation is 1. The highest BCUT2D eigenvalue weighted by Crippen LogP contribution is 2.46. The van der Waals surface area contributed by atoms with Crippen LogP contribution in [0.5, 0.6) is 0 Å². The molecule has 5 atom stereocenters. The number of hydrogen-bond acceptors (Lipinski definition) is 11. The monoisotopic (exact) mass is 1010 g/mol. The summed E-state index contributed by atoms with van der Waals surface area (Å²) < 4.78 is 34.5. The highest BCUT2D eigenvalue weighted by atomic mass is 19.1. The SMILES string of the molecule is C=C(F)C(=O)N1COC2(CCN(C(=O)N(C)[C@H](C(=O)N[C@H]3CN4CCC=C(C4)c4ccc5c(c4)c(c(-c4cccnc4[C@H](C)OC)n5CC)CC(C)(C)COC(=O)[C@@H]4CCCN(N4)C3=O)C(C)C)CC2)C1(C)C. The van der Waals surface area contributed by atoms with E-state index in [0.29, 0.717) is 58.3 Å². The minimum atomic E-state index is -1.06. The number of aromatic nitrogens is 2. The van der Waals surface area contributed by atoms with Gasteiger partial charge in [0.05, 0.1) is 35.2 Å². The molecular formula is C55H76FN9O8. The van der Waals surface area contributed by atoms with Crippen molar-refractivity contribution in [1.29, 1.82) is 0 Å². The first-order valence-corrected chi connectivity index (χ1v) is 26.0. The van der Waals surface area contributed by atoms with E-state index in [1.807, 2.05) is 40.7 Å². The van der Waals surface area contributed by atoms with Gasteiger partial charge in [-0.3, -0.25) is 34.1 Å². The Labute approximate surface area is 429 Å². The number of benzene rings is 1. The third kappa shape index (κ3) is 10.4. The Bertz CT molecular complexity index is 2650. The van der Waals surface area contributed by atoms with Gasteiger partial charge in [0.1, 0.15) is 24.9 Å². The average Bonchev–Trinajstić information content (AvgIpc) is 3.81. The largest absolute Gasteiger partial charge is 0.464 e. The fraction of sp³-hybridized carbons (Fsp3) is 0.600. The van der Waals surface area contributed by atoms with Crippen LogP contribution in [0.3, 0.4) is 0 Å². The van der Waals surface area contributed by atoms with Crippen LogP contribution in [0.1, 0.15) is 110 Å². The number of hydrogen-bond donors (Lipinski definition) is 2. The Morgan fingerprint density at radius 1 is 1.07 bits per heavy atom. The van der Waals surface area contributed by atoms with E-state index < -0.39 is 58.3 Å². The van der Waals surface area contributed by atoms with E-state index >= 15 is 0 Å². The molecule has 1 spiro atoms. The fourth-order valence-corrected chi connectivity index (χ4v) is 11.9. The molecule has 5 aliphatic rings. The highest BCUT2D eigenvalue weighted by molar-refractivity contribution is 5.96. The summed E-state index contributed by atoms with van der Waals surface area (Å²) in [6, 6.07) is 7.54. The van der Waals surface area contributed by atoms with Crippen LogP contribution >= 0.6 is 0 Å². The number of halogens is 1. The molecule has 2 N–H and O–H groups in total. The average molecular weight is 1010 g/mol. The van der Waals surface area contributed by atoms with E-state index in [2.05, 4.69) is 77.9 Å². The molecule has 5 aliphatic heterocycles. The Hall–Kier alpha value is -5.69. The molecule has 8 rings (SSSR count). The van der Waals surface area contributed by atoms with Gasteiger partial charge in [-0.1, -0.05) is 46.4 Å². The van der Waals surface area contributed by atoms with Gasteiger partial charge in [-0.15, -0.1) is 0 Å². The first-order chi connectivity index (χ1) is 34.6. The lowest BCUT2D eigenvalue weighted by atomic mass is 9.75. The zero-order valence-corrected chi connectivity index (χ0v) is 44.5. The molecule has 3 aromatic rings. The van der Waals surface area contributed by atoms with Gasteiger partial charge in [0.25, 0.3) is 11.8 Å². The molecule has 2 aromatic heterocycles. The number of piperidine rings is 1. The number of esters is 1. The Morgan fingerprint density at radius 3 is 2.49 bits per heavy atom. The van der Waals surface area contributed by atoms with E-state index in [-0.39, 0.29) is 56.9 Å². The number of likely N-dealkylation sites (tertiary alicyclic amines) is 1. The van der Waals surface area contributed by atoms with Crippen LogP contribution in [-0.2, 0) is 46.4 Å². The molecule has 1 unspecified atom stereocenters. The molecule has 17 nitrogen and oxygen atoms in total. The number of amides is 5. The normalized spacial score (nSPS) is 23.9. The maximum Gasteiger partial charge on any atom is 0.324 e. The molecule has 3 fully saturated rings. The molecule has 73 heavy (non-hydrogen) atoms. The first-order valence-electron chi connectivity index (χ1n) is 26.0. The van der Waals surface area contributed by atoms with Gasteiger partial charge in [0.15, 0.2) is 5.83 Å².